The zero-order chi connectivity index (χ0) is 44.1. The fraction of sp³-hybridized carbons (Fsp3) is 0.280. The lowest BCUT2D eigenvalue weighted by atomic mass is 9.98. The van der Waals surface area contributed by atoms with Gasteiger partial charge in [0.25, 0.3) is 11.8 Å². The van der Waals surface area contributed by atoms with Crippen molar-refractivity contribution in [1.82, 2.24) is 25.8 Å². The van der Waals surface area contributed by atoms with E-state index in [0.717, 1.165) is 52.0 Å². The molecule has 8 rings (SSSR count). The number of nitrogens with one attached hydrogen (secondary N) is 4. The summed E-state index contributed by atoms with van der Waals surface area (Å²) < 4.78 is 11.0. The monoisotopic (exact) mass is 845 g/mol. The molecule has 13 heteroatoms. The van der Waals surface area contributed by atoms with Crippen molar-refractivity contribution in [3.63, 3.8) is 0 Å². The maximum absolute atomic E-state index is 13.5. The maximum Gasteiger partial charge on any atom is 0.413 e. The number of fused-ring (bicyclic) bond motifs is 5. The zero-order valence-corrected chi connectivity index (χ0v) is 35.9. The van der Waals surface area contributed by atoms with Crippen molar-refractivity contribution in [2.75, 3.05) is 31.6 Å². The smallest absolute Gasteiger partial charge is 0.413 e. The first kappa shape index (κ1) is 42.6. The average molecular weight is 846 g/mol. The van der Waals surface area contributed by atoms with Gasteiger partial charge in [0.15, 0.2) is 0 Å². The van der Waals surface area contributed by atoms with Gasteiger partial charge in [0.1, 0.15) is 18.0 Å². The number of alkyl carbamates (subject to hydrolysis) is 2. The van der Waals surface area contributed by atoms with Crippen LogP contribution in [0.3, 0.4) is 0 Å². The number of ether oxygens (including phenoxy) is 2. The first-order valence-electron chi connectivity index (χ1n) is 21.2. The van der Waals surface area contributed by atoms with E-state index in [9.17, 15) is 19.2 Å². The number of carbonyl (C=O) groups is 4. The van der Waals surface area contributed by atoms with Crippen LogP contribution in [0.15, 0.2) is 114 Å². The predicted octanol–water partition coefficient (Wildman–Crippen LogP) is 8.52. The van der Waals surface area contributed by atoms with E-state index in [0.29, 0.717) is 47.8 Å². The van der Waals surface area contributed by atoms with Crippen molar-refractivity contribution < 1.29 is 28.7 Å². The van der Waals surface area contributed by atoms with E-state index in [1.165, 1.54) is 11.1 Å². The summed E-state index contributed by atoms with van der Waals surface area (Å²) in [7, 11) is 0. The number of hydrogen-bond donors (Lipinski definition) is 4. The van der Waals surface area contributed by atoms with Gasteiger partial charge in [-0.15, -0.1) is 0 Å². The van der Waals surface area contributed by atoms with Gasteiger partial charge >= 0.3 is 12.2 Å². The van der Waals surface area contributed by atoms with E-state index < -0.39 is 17.8 Å². The molecule has 0 saturated carbocycles. The van der Waals surface area contributed by atoms with Crippen molar-refractivity contribution in [2.45, 2.75) is 65.1 Å². The highest BCUT2D eigenvalue weighted by atomic mass is 16.6. The maximum atomic E-state index is 13.5. The minimum Gasteiger partial charge on any atom is -0.449 e. The van der Waals surface area contributed by atoms with Crippen LogP contribution in [-0.4, -0.2) is 71.6 Å². The number of hydrogen-bond acceptors (Lipinski definition) is 9. The van der Waals surface area contributed by atoms with Crippen LogP contribution in [0.5, 0.6) is 0 Å². The molecule has 0 bridgehead atoms. The molecule has 322 valence electrons. The first-order chi connectivity index (χ1) is 30.3. The molecule has 5 aromatic rings. The van der Waals surface area contributed by atoms with Gasteiger partial charge in [-0.2, -0.15) is 0 Å². The predicted molar refractivity (Wildman–Crippen MR) is 243 cm³/mol. The number of nitrogens with zero attached hydrogens (tertiary/aromatic N) is 3. The van der Waals surface area contributed by atoms with Crippen molar-refractivity contribution >= 4 is 47.3 Å². The molecule has 63 heavy (non-hydrogen) atoms. The van der Waals surface area contributed by atoms with Crippen LogP contribution >= 0.6 is 0 Å². The number of pyridine rings is 1. The third-order valence-electron chi connectivity index (χ3n) is 11.1. The van der Waals surface area contributed by atoms with Crippen LogP contribution in [0, 0.1) is 0 Å². The van der Waals surface area contributed by atoms with Crippen molar-refractivity contribution in [2.24, 2.45) is 4.99 Å². The van der Waals surface area contributed by atoms with Crippen LogP contribution in [0.2, 0.25) is 0 Å². The Labute approximate surface area is 367 Å². The number of carbonyl (C=O) groups excluding carboxylic acids is 4. The molecular weight excluding hydrogens is 795 g/mol. The topological polar surface area (TPSA) is 163 Å². The third kappa shape index (κ3) is 10.5. The van der Waals surface area contributed by atoms with E-state index in [1.807, 2.05) is 61.5 Å². The molecular formula is C50H51N7O6. The molecule has 0 spiro atoms. The standard InChI is InChI=1S/C50H51N7O6/c1-31-23-34-17-18-35(26-44(34)55-45(24-31)56-49(61)63-50(2,3)4)47(59)54-37-25-36-29-57(22-19-43(36)53-27-37)28-32-13-15-33(16-14-32)46(58)51-20-21-52-48(60)62-30-42-40-11-7-5-9-38(40)39-10-6-8-12-41(39)42/h5-18,23,25-27,42H,19-22,24,28-30H2,1-4H3,(H,51,58)(H,52,60)(H,54,59)(H,55,56,61). The lowest BCUT2D eigenvalue weighted by Crippen LogP contribution is -2.36. The Balaban J connectivity index is 0.795. The molecule has 4 N–H and O–H groups in total. The molecule has 4 amide bonds. The van der Waals surface area contributed by atoms with Gasteiger partial charge in [0.2, 0.25) is 0 Å². The van der Waals surface area contributed by atoms with Crippen molar-refractivity contribution in [3.8, 4) is 11.1 Å². The summed E-state index contributed by atoms with van der Waals surface area (Å²) in [5.41, 5.74) is 11.0. The molecule has 0 unspecified atom stereocenters. The molecule has 0 fully saturated rings. The number of benzene rings is 4. The highest BCUT2D eigenvalue weighted by molar-refractivity contribution is 6.06. The Morgan fingerprint density at radius 2 is 1.49 bits per heavy atom. The van der Waals surface area contributed by atoms with Gasteiger partial charge < -0.3 is 25.4 Å². The molecule has 2 aliphatic heterocycles. The van der Waals surface area contributed by atoms with Gasteiger partial charge in [0.05, 0.1) is 17.6 Å². The van der Waals surface area contributed by atoms with E-state index in [1.54, 1.807) is 51.2 Å². The Morgan fingerprint density at radius 1 is 0.794 bits per heavy atom. The Morgan fingerprint density at radius 3 is 2.22 bits per heavy atom. The Hall–Kier alpha value is -7.12. The molecule has 1 aliphatic carbocycles. The van der Waals surface area contributed by atoms with Crippen molar-refractivity contribution in [3.05, 3.63) is 153 Å². The zero-order valence-electron chi connectivity index (χ0n) is 35.9. The quantitative estimate of drug-likeness (QED) is 0.102. The second-order valence-electron chi connectivity index (χ2n) is 17.1. The van der Waals surface area contributed by atoms with Gasteiger partial charge in [-0.05, 0) is 91.4 Å². The largest absolute Gasteiger partial charge is 0.449 e. The number of aliphatic imine (C=N–C) groups is 1. The molecule has 13 nitrogen and oxygen atoms in total. The summed E-state index contributed by atoms with van der Waals surface area (Å²) >= 11 is 0. The van der Waals surface area contributed by atoms with Crippen LogP contribution < -0.4 is 21.3 Å². The van der Waals surface area contributed by atoms with Crippen LogP contribution in [0.25, 0.3) is 17.2 Å². The molecule has 0 atom stereocenters. The molecule has 0 saturated heterocycles. The van der Waals surface area contributed by atoms with E-state index >= 15 is 0 Å². The Bertz CT molecular complexity index is 2590. The van der Waals surface area contributed by atoms with Crippen LogP contribution in [0.1, 0.15) is 94.3 Å². The minimum atomic E-state index is -0.650. The Kier molecular flexibility index (Phi) is 12.5. The number of rotatable bonds is 10. The van der Waals surface area contributed by atoms with Crippen LogP contribution in [-0.2, 0) is 29.0 Å². The molecule has 3 heterocycles. The van der Waals surface area contributed by atoms with E-state index in [2.05, 4.69) is 60.4 Å². The SMILES string of the molecule is CC1=Cc2ccc(C(=O)Nc3cnc4c(c3)CN(Cc3ccc(C(=O)NCCNC(=O)OCC5c6ccccc6-c6ccccc65)cc3)CC4)cc2N=C(NC(=O)OC(C)(C)C)C1. The first-order valence-corrected chi connectivity index (χ1v) is 21.2. The summed E-state index contributed by atoms with van der Waals surface area (Å²) in [4.78, 5) is 63.1. The fourth-order valence-corrected chi connectivity index (χ4v) is 8.17. The van der Waals surface area contributed by atoms with Gasteiger partial charge in [-0.1, -0.05) is 78.4 Å². The third-order valence-corrected chi connectivity index (χ3v) is 11.1. The lowest BCUT2D eigenvalue weighted by molar-refractivity contribution is 0.0562. The summed E-state index contributed by atoms with van der Waals surface area (Å²) in [5, 5.41) is 11.4. The minimum absolute atomic E-state index is 0.0218. The number of aromatic nitrogens is 1. The fourth-order valence-electron chi connectivity index (χ4n) is 8.17. The van der Waals surface area contributed by atoms with Crippen molar-refractivity contribution in [1.29, 1.82) is 0 Å². The van der Waals surface area contributed by atoms with Gasteiger partial charge in [-0.3, -0.25) is 24.8 Å². The number of anilines is 1. The van der Waals surface area contributed by atoms with E-state index in [4.69, 9.17) is 9.47 Å². The molecule has 1 aromatic heterocycles. The number of amidine groups is 1. The molecule has 0 radical (unpaired) electrons. The van der Waals surface area contributed by atoms with Gasteiger partial charge in [-0.25, -0.2) is 14.6 Å². The summed E-state index contributed by atoms with van der Waals surface area (Å²) in [5.74, 6) is -0.112. The lowest BCUT2D eigenvalue weighted by Gasteiger charge is -2.28. The second-order valence-corrected chi connectivity index (χ2v) is 17.1. The summed E-state index contributed by atoms with van der Waals surface area (Å²) in [6, 6.07) is 31.2. The van der Waals surface area contributed by atoms with Crippen LogP contribution in [0.4, 0.5) is 21.0 Å². The molecule has 4 aromatic carbocycles. The summed E-state index contributed by atoms with van der Waals surface area (Å²) in [6.45, 7) is 10.2. The molecule has 3 aliphatic rings. The second kappa shape index (κ2) is 18.5. The highest BCUT2D eigenvalue weighted by Crippen LogP contribution is 2.44. The average Bonchev–Trinajstić information content (AvgIpc) is 3.48. The van der Waals surface area contributed by atoms with Gasteiger partial charge in [0, 0.05) is 73.9 Å². The highest BCUT2D eigenvalue weighted by Gasteiger charge is 2.29. The summed E-state index contributed by atoms with van der Waals surface area (Å²) in [6.07, 6.45) is 3.77. The van der Waals surface area contributed by atoms with E-state index in [-0.39, 0.29) is 37.4 Å². The normalized spacial score (nSPS) is 14.3. The number of amides is 4.